The molecule has 0 aliphatic heterocycles. The number of nitrogens with zero attached hydrogens (tertiary/aromatic N) is 3. The van der Waals surface area contributed by atoms with Gasteiger partial charge in [0.2, 0.25) is 0 Å². The maximum atomic E-state index is 4.22. The first-order valence-electron chi connectivity index (χ1n) is 5.76. The molecular formula is C13H18N4. The van der Waals surface area contributed by atoms with Crippen molar-refractivity contribution in [2.24, 2.45) is 7.05 Å². The van der Waals surface area contributed by atoms with Crippen molar-refractivity contribution in [2.75, 3.05) is 0 Å². The molecule has 0 fully saturated rings. The van der Waals surface area contributed by atoms with Crippen LogP contribution in [0, 0.1) is 13.8 Å². The lowest BCUT2D eigenvalue weighted by molar-refractivity contribution is 0.649. The average molecular weight is 230 g/mol. The van der Waals surface area contributed by atoms with Gasteiger partial charge in [-0.25, -0.2) is 4.98 Å². The van der Waals surface area contributed by atoms with Crippen molar-refractivity contribution in [1.82, 2.24) is 20.1 Å². The van der Waals surface area contributed by atoms with E-state index >= 15 is 0 Å². The van der Waals surface area contributed by atoms with Crippen molar-refractivity contribution in [2.45, 2.75) is 26.9 Å². The van der Waals surface area contributed by atoms with Crippen LogP contribution in [-0.2, 0) is 20.1 Å². The number of hydrogen-bond acceptors (Lipinski definition) is 3. The van der Waals surface area contributed by atoms with Gasteiger partial charge in [0.25, 0.3) is 0 Å². The van der Waals surface area contributed by atoms with Crippen LogP contribution in [0.5, 0.6) is 0 Å². The summed E-state index contributed by atoms with van der Waals surface area (Å²) in [5, 5.41) is 7.56. The van der Waals surface area contributed by atoms with Gasteiger partial charge in [0.05, 0.1) is 6.54 Å². The highest BCUT2D eigenvalue weighted by Crippen LogP contribution is 2.09. The second-order valence-corrected chi connectivity index (χ2v) is 4.36. The van der Waals surface area contributed by atoms with Crippen LogP contribution in [0.15, 0.2) is 24.5 Å². The van der Waals surface area contributed by atoms with Gasteiger partial charge in [-0.15, -0.1) is 0 Å². The van der Waals surface area contributed by atoms with Crippen molar-refractivity contribution < 1.29 is 0 Å². The van der Waals surface area contributed by atoms with Crippen LogP contribution in [0.3, 0.4) is 0 Å². The van der Waals surface area contributed by atoms with Crippen molar-refractivity contribution in [1.29, 1.82) is 0 Å². The Bertz CT molecular complexity index is 502. The molecule has 4 heteroatoms. The SMILES string of the molecule is Cc1ccc(CNCc2ncn(C)n2)cc1C. The Kier molecular flexibility index (Phi) is 3.54. The average Bonchev–Trinajstić information content (AvgIpc) is 2.70. The van der Waals surface area contributed by atoms with Crippen LogP contribution < -0.4 is 5.32 Å². The fraction of sp³-hybridized carbons (Fsp3) is 0.385. The van der Waals surface area contributed by atoms with Crippen molar-refractivity contribution in [3.05, 3.63) is 47.0 Å². The molecule has 90 valence electrons. The quantitative estimate of drug-likeness (QED) is 0.869. The summed E-state index contributed by atoms with van der Waals surface area (Å²) in [5.74, 6) is 0.830. The summed E-state index contributed by atoms with van der Waals surface area (Å²) < 4.78 is 1.72. The molecule has 0 atom stereocenters. The molecule has 1 N–H and O–H groups in total. The summed E-state index contributed by atoms with van der Waals surface area (Å²) in [6, 6.07) is 6.53. The standard InChI is InChI=1S/C13H18N4/c1-10-4-5-12(6-11(10)2)7-14-8-13-15-9-17(3)16-13/h4-6,9,14H,7-8H2,1-3H3. The lowest BCUT2D eigenvalue weighted by Gasteiger charge is -2.05. The molecule has 2 aromatic rings. The first kappa shape index (κ1) is 11.8. The minimum Gasteiger partial charge on any atom is -0.306 e. The highest BCUT2D eigenvalue weighted by atomic mass is 15.3. The van der Waals surface area contributed by atoms with E-state index in [4.69, 9.17) is 0 Å². The van der Waals surface area contributed by atoms with Gasteiger partial charge < -0.3 is 5.32 Å². The summed E-state index contributed by atoms with van der Waals surface area (Å²) in [6.45, 7) is 5.82. The third kappa shape index (κ3) is 3.14. The normalized spacial score (nSPS) is 10.8. The van der Waals surface area contributed by atoms with E-state index in [1.807, 2.05) is 7.05 Å². The van der Waals surface area contributed by atoms with Gasteiger partial charge in [0, 0.05) is 13.6 Å². The molecule has 2 rings (SSSR count). The molecular weight excluding hydrogens is 212 g/mol. The molecule has 1 aromatic carbocycles. The topological polar surface area (TPSA) is 42.7 Å². The Morgan fingerprint density at radius 1 is 1.18 bits per heavy atom. The third-order valence-electron chi connectivity index (χ3n) is 2.83. The van der Waals surface area contributed by atoms with E-state index in [0.29, 0.717) is 6.54 Å². The van der Waals surface area contributed by atoms with E-state index in [-0.39, 0.29) is 0 Å². The lowest BCUT2D eigenvalue weighted by Crippen LogP contribution is -2.14. The Morgan fingerprint density at radius 2 is 2.00 bits per heavy atom. The van der Waals surface area contributed by atoms with E-state index in [1.165, 1.54) is 16.7 Å². The predicted molar refractivity (Wildman–Crippen MR) is 67.5 cm³/mol. The first-order valence-corrected chi connectivity index (χ1v) is 5.76. The molecule has 0 unspecified atom stereocenters. The molecule has 1 heterocycles. The Hall–Kier alpha value is -1.68. The van der Waals surface area contributed by atoms with Gasteiger partial charge in [-0.1, -0.05) is 18.2 Å². The van der Waals surface area contributed by atoms with Gasteiger partial charge in [-0.2, -0.15) is 5.10 Å². The lowest BCUT2D eigenvalue weighted by atomic mass is 10.1. The smallest absolute Gasteiger partial charge is 0.164 e. The summed E-state index contributed by atoms with van der Waals surface area (Å²) in [4.78, 5) is 4.17. The summed E-state index contributed by atoms with van der Waals surface area (Å²) >= 11 is 0. The van der Waals surface area contributed by atoms with Crippen LogP contribution in [0.25, 0.3) is 0 Å². The van der Waals surface area contributed by atoms with Crippen LogP contribution in [0.4, 0.5) is 0 Å². The monoisotopic (exact) mass is 230 g/mol. The van der Waals surface area contributed by atoms with Crippen molar-refractivity contribution >= 4 is 0 Å². The maximum absolute atomic E-state index is 4.22. The largest absolute Gasteiger partial charge is 0.306 e. The van der Waals surface area contributed by atoms with Gasteiger partial charge in [-0.05, 0) is 30.5 Å². The van der Waals surface area contributed by atoms with E-state index in [9.17, 15) is 0 Å². The molecule has 0 amide bonds. The third-order valence-corrected chi connectivity index (χ3v) is 2.83. The minimum absolute atomic E-state index is 0.702. The Morgan fingerprint density at radius 3 is 2.65 bits per heavy atom. The van der Waals surface area contributed by atoms with Crippen molar-refractivity contribution in [3.63, 3.8) is 0 Å². The van der Waals surface area contributed by atoms with E-state index in [1.54, 1.807) is 11.0 Å². The fourth-order valence-electron chi connectivity index (χ4n) is 1.70. The summed E-state index contributed by atoms with van der Waals surface area (Å²) in [5.41, 5.74) is 3.96. The predicted octanol–water partition coefficient (Wildman–Crippen LogP) is 1.72. The van der Waals surface area contributed by atoms with E-state index < -0.39 is 0 Å². The number of hydrogen-bond donors (Lipinski definition) is 1. The van der Waals surface area contributed by atoms with E-state index in [2.05, 4.69) is 47.4 Å². The first-order chi connectivity index (χ1) is 8.15. The summed E-state index contributed by atoms with van der Waals surface area (Å²) in [7, 11) is 1.87. The molecule has 0 aliphatic carbocycles. The molecule has 0 bridgehead atoms. The second kappa shape index (κ2) is 5.10. The van der Waals surface area contributed by atoms with Crippen LogP contribution >= 0.6 is 0 Å². The van der Waals surface area contributed by atoms with Gasteiger partial charge in [0.15, 0.2) is 5.82 Å². The van der Waals surface area contributed by atoms with Gasteiger partial charge in [-0.3, -0.25) is 4.68 Å². The molecule has 0 saturated heterocycles. The second-order valence-electron chi connectivity index (χ2n) is 4.36. The molecule has 0 spiro atoms. The number of rotatable bonds is 4. The molecule has 0 saturated carbocycles. The molecule has 0 radical (unpaired) electrons. The number of aryl methyl sites for hydroxylation is 3. The minimum atomic E-state index is 0.702. The van der Waals surface area contributed by atoms with Gasteiger partial charge in [0.1, 0.15) is 6.33 Å². The van der Waals surface area contributed by atoms with Crippen LogP contribution in [0.2, 0.25) is 0 Å². The summed E-state index contributed by atoms with van der Waals surface area (Å²) in [6.07, 6.45) is 1.72. The molecule has 0 aliphatic rings. The van der Waals surface area contributed by atoms with Crippen LogP contribution in [-0.4, -0.2) is 14.8 Å². The number of nitrogens with one attached hydrogen (secondary N) is 1. The Balaban J connectivity index is 1.87. The zero-order valence-corrected chi connectivity index (χ0v) is 10.6. The fourth-order valence-corrected chi connectivity index (χ4v) is 1.70. The molecule has 1 aromatic heterocycles. The number of aromatic nitrogens is 3. The van der Waals surface area contributed by atoms with E-state index in [0.717, 1.165) is 12.4 Å². The zero-order valence-electron chi connectivity index (χ0n) is 10.6. The highest BCUT2D eigenvalue weighted by molar-refractivity contribution is 5.29. The van der Waals surface area contributed by atoms with Crippen LogP contribution in [0.1, 0.15) is 22.5 Å². The highest BCUT2D eigenvalue weighted by Gasteiger charge is 1.99. The molecule has 4 nitrogen and oxygen atoms in total. The molecule has 17 heavy (non-hydrogen) atoms. The zero-order chi connectivity index (χ0) is 12.3. The number of benzene rings is 1. The Labute approximate surface area is 102 Å². The van der Waals surface area contributed by atoms with Gasteiger partial charge >= 0.3 is 0 Å². The van der Waals surface area contributed by atoms with Crippen molar-refractivity contribution in [3.8, 4) is 0 Å². The maximum Gasteiger partial charge on any atom is 0.164 e.